The normalized spacial score (nSPS) is 11.7. The van der Waals surface area contributed by atoms with Crippen molar-refractivity contribution in [2.75, 3.05) is 7.05 Å². The van der Waals surface area contributed by atoms with E-state index in [9.17, 15) is 0 Å². The topological polar surface area (TPSA) is 27.0 Å². The van der Waals surface area contributed by atoms with Crippen LogP contribution in [0, 0.1) is 23.7 Å². The van der Waals surface area contributed by atoms with Gasteiger partial charge in [0.2, 0.25) is 0 Å². The summed E-state index contributed by atoms with van der Waals surface area (Å²) < 4.78 is 0. The van der Waals surface area contributed by atoms with Gasteiger partial charge < -0.3 is 0 Å². The molecule has 1 aromatic carbocycles. The van der Waals surface area contributed by atoms with Gasteiger partial charge in [-0.15, -0.1) is 6.42 Å². The first kappa shape index (κ1) is 11.3. The first-order chi connectivity index (χ1) is 7.27. The van der Waals surface area contributed by atoms with E-state index in [-0.39, 0.29) is 6.04 Å². The molecule has 0 aromatic heterocycles. The second kappa shape index (κ2) is 5.86. The lowest BCUT2D eigenvalue weighted by atomic mass is 10.1. The van der Waals surface area contributed by atoms with Crippen molar-refractivity contribution in [3.8, 4) is 18.4 Å². The Bertz CT molecular complexity index is 370. The van der Waals surface area contributed by atoms with Crippen molar-refractivity contribution in [3.05, 3.63) is 35.9 Å². The predicted molar refractivity (Wildman–Crippen MR) is 60.8 cm³/mol. The smallest absolute Gasteiger partial charge is 0.0843 e. The molecule has 0 saturated heterocycles. The molecular weight excluding hydrogens is 184 g/mol. The van der Waals surface area contributed by atoms with Gasteiger partial charge in [-0.3, -0.25) is 4.90 Å². The first-order valence-corrected chi connectivity index (χ1v) is 4.85. The molecule has 0 aliphatic rings. The van der Waals surface area contributed by atoms with Crippen molar-refractivity contribution >= 4 is 0 Å². The van der Waals surface area contributed by atoms with Crippen molar-refractivity contribution in [3.63, 3.8) is 0 Å². The molecule has 0 spiro atoms. The standard InChI is InChI=1S/C13H14N2/c1-3-13(9-10-14)15(2)11-12-7-5-4-6-8-12/h1,4-8,13H,9,11H2,2H3. The number of nitrogens with zero attached hydrogens (tertiary/aromatic N) is 2. The van der Waals surface area contributed by atoms with E-state index in [1.54, 1.807) is 0 Å². The fourth-order valence-electron chi connectivity index (χ4n) is 1.41. The third kappa shape index (κ3) is 3.46. The summed E-state index contributed by atoms with van der Waals surface area (Å²) in [7, 11) is 1.94. The fourth-order valence-corrected chi connectivity index (χ4v) is 1.41. The van der Waals surface area contributed by atoms with E-state index in [0.717, 1.165) is 6.54 Å². The molecule has 2 heteroatoms. The van der Waals surface area contributed by atoms with Gasteiger partial charge in [0.15, 0.2) is 0 Å². The maximum atomic E-state index is 8.61. The zero-order valence-corrected chi connectivity index (χ0v) is 8.85. The lowest BCUT2D eigenvalue weighted by Crippen LogP contribution is -2.29. The number of hydrogen-bond acceptors (Lipinski definition) is 2. The van der Waals surface area contributed by atoms with Gasteiger partial charge >= 0.3 is 0 Å². The summed E-state index contributed by atoms with van der Waals surface area (Å²) in [5, 5.41) is 8.61. The van der Waals surface area contributed by atoms with Crippen molar-refractivity contribution in [2.24, 2.45) is 0 Å². The van der Waals surface area contributed by atoms with Crippen LogP contribution in [0.3, 0.4) is 0 Å². The van der Waals surface area contributed by atoms with E-state index < -0.39 is 0 Å². The van der Waals surface area contributed by atoms with Crippen LogP contribution in [-0.2, 0) is 6.54 Å². The van der Waals surface area contributed by atoms with E-state index in [0.29, 0.717) is 6.42 Å². The highest BCUT2D eigenvalue weighted by Gasteiger charge is 2.10. The first-order valence-electron chi connectivity index (χ1n) is 4.85. The van der Waals surface area contributed by atoms with Crippen LogP contribution in [0.5, 0.6) is 0 Å². The molecule has 1 unspecified atom stereocenters. The van der Waals surface area contributed by atoms with Crippen LogP contribution < -0.4 is 0 Å². The fraction of sp³-hybridized carbons (Fsp3) is 0.308. The Balaban J connectivity index is 2.60. The molecule has 0 fully saturated rings. The second-order valence-electron chi connectivity index (χ2n) is 3.45. The van der Waals surface area contributed by atoms with Crippen molar-refractivity contribution in [2.45, 2.75) is 19.0 Å². The largest absolute Gasteiger partial charge is 0.288 e. The van der Waals surface area contributed by atoms with E-state index in [2.05, 4.69) is 24.1 Å². The van der Waals surface area contributed by atoms with Gasteiger partial charge in [-0.25, -0.2) is 0 Å². The Labute approximate surface area is 91.1 Å². The highest BCUT2D eigenvalue weighted by atomic mass is 15.1. The van der Waals surface area contributed by atoms with E-state index in [1.165, 1.54) is 5.56 Å². The number of hydrogen-bond donors (Lipinski definition) is 0. The van der Waals surface area contributed by atoms with Gasteiger partial charge in [-0.1, -0.05) is 36.3 Å². The van der Waals surface area contributed by atoms with Crippen LogP contribution in [0.15, 0.2) is 30.3 Å². The molecule has 0 N–H and O–H groups in total. The lowest BCUT2D eigenvalue weighted by Gasteiger charge is -2.21. The highest BCUT2D eigenvalue weighted by molar-refractivity contribution is 5.15. The molecular formula is C13H14N2. The van der Waals surface area contributed by atoms with Crippen LogP contribution in [-0.4, -0.2) is 18.0 Å². The summed E-state index contributed by atoms with van der Waals surface area (Å²) in [6.07, 6.45) is 5.75. The summed E-state index contributed by atoms with van der Waals surface area (Å²) in [6.45, 7) is 0.775. The second-order valence-corrected chi connectivity index (χ2v) is 3.45. The molecule has 0 aliphatic carbocycles. The number of nitriles is 1. The van der Waals surface area contributed by atoms with Gasteiger partial charge in [-0.05, 0) is 12.6 Å². The van der Waals surface area contributed by atoms with Crippen LogP contribution in [0.1, 0.15) is 12.0 Å². The van der Waals surface area contributed by atoms with Gasteiger partial charge in [0.1, 0.15) is 0 Å². The maximum absolute atomic E-state index is 8.61. The number of benzene rings is 1. The molecule has 0 saturated carbocycles. The number of terminal acetylenes is 1. The highest BCUT2D eigenvalue weighted by Crippen LogP contribution is 2.07. The summed E-state index contributed by atoms with van der Waals surface area (Å²) in [4.78, 5) is 2.01. The average Bonchev–Trinajstić information content (AvgIpc) is 2.27. The monoisotopic (exact) mass is 198 g/mol. The summed E-state index contributed by atoms with van der Waals surface area (Å²) in [5.74, 6) is 2.63. The maximum Gasteiger partial charge on any atom is 0.0843 e. The lowest BCUT2D eigenvalue weighted by molar-refractivity contribution is 0.284. The molecule has 1 aromatic rings. The van der Waals surface area contributed by atoms with Gasteiger partial charge in [0, 0.05) is 6.54 Å². The van der Waals surface area contributed by atoms with Crippen LogP contribution in [0.2, 0.25) is 0 Å². The number of rotatable bonds is 4. The van der Waals surface area contributed by atoms with Gasteiger partial charge in [0.05, 0.1) is 18.5 Å². The minimum absolute atomic E-state index is 0.102. The Morgan fingerprint density at radius 1 is 1.40 bits per heavy atom. The summed E-state index contributed by atoms with van der Waals surface area (Å²) in [5.41, 5.74) is 1.21. The van der Waals surface area contributed by atoms with Crippen LogP contribution in [0.4, 0.5) is 0 Å². The summed E-state index contributed by atoms with van der Waals surface area (Å²) in [6, 6.07) is 12.1. The Kier molecular flexibility index (Phi) is 4.41. The van der Waals surface area contributed by atoms with E-state index >= 15 is 0 Å². The SMILES string of the molecule is C#CC(CC#N)N(C)Cc1ccccc1. The summed E-state index contributed by atoms with van der Waals surface area (Å²) >= 11 is 0. The molecule has 0 aliphatic heterocycles. The van der Waals surface area contributed by atoms with Crippen LogP contribution in [0.25, 0.3) is 0 Å². The Morgan fingerprint density at radius 2 is 2.07 bits per heavy atom. The molecule has 0 amide bonds. The average molecular weight is 198 g/mol. The zero-order chi connectivity index (χ0) is 11.1. The molecule has 1 rings (SSSR count). The van der Waals surface area contributed by atoms with E-state index in [4.69, 9.17) is 11.7 Å². The van der Waals surface area contributed by atoms with Crippen LogP contribution >= 0.6 is 0 Å². The minimum atomic E-state index is -0.102. The third-order valence-corrected chi connectivity index (χ3v) is 2.28. The van der Waals surface area contributed by atoms with E-state index in [1.807, 2.05) is 30.1 Å². The quantitative estimate of drug-likeness (QED) is 0.692. The molecule has 0 radical (unpaired) electrons. The third-order valence-electron chi connectivity index (χ3n) is 2.28. The molecule has 15 heavy (non-hydrogen) atoms. The molecule has 1 atom stereocenters. The Hall–Kier alpha value is -1.77. The Morgan fingerprint density at radius 3 is 2.60 bits per heavy atom. The predicted octanol–water partition coefficient (Wildman–Crippen LogP) is 2.03. The minimum Gasteiger partial charge on any atom is -0.288 e. The zero-order valence-electron chi connectivity index (χ0n) is 8.85. The van der Waals surface area contributed by atoms with Crippen molar-refractivity contribution in [1.82, 2.24) is 4.90 Å². The van der Waals surface area contributed by atoms with Gasteiger partial charge in [-0.2, -0.15) is 5.26 Å². The molecule has 0 heterocycles. The van der Waals surface area contributed by atoms with Gasteiger partial charge in [0.25, 0.3) is 0 Å². The molecule has 76 valence electrons. The molecule has 0 bridgehead atoms. The molecule has 2 nitrogen and oxygen atoms in total. The van der Waals surface area contributed by atoms with Crippen molar-refractivity contribution < 1.29 is 0 Å². The van der Waals surface area contributed by atoms with Crippen molar-refractivity contribution in [1.29, 1.82) is 5.26 Å².